The van der Waals surface area contributed by atoms with Crippen molar-refractivity contribution in [3.05, 3.63) is 22.6 Å². The fraction of sp³-hybridized carbons (Fsp3) is 0.700. The maximum absolute atomic E-state index is 12.7. The molecule has 0 bridgehead atoms. The maximum atomic E-state index is 12.7. The predicted molar refractivity (Wildman–Crippen MR) is 118 cm³/mol. The van der Waals surface area contributed by atoms with Crippen molar-refractivity contribution in [1.29, 1.82) is 0 Å². The molecule has 1 saturated carbocycles. The van der Waals surface area contributed by atoms with Crippen LogP contribution < -0.4 is 9.62 Å². The molecule has 2 aromatic heterocycles. The van der Waals surface area contributed by atoms with E-state index in [1.807, 2.05) is 40.1 Å². The van der Waals surface area contributed by atoms with Gasteiger partial charge in [-0.15, -0.1) is 0 Å². The summed E-state index contributed by atoms with van der Waals surface area (Å²) >= 11 is 3.61. The van der Waals surface area contributed by atoms with Crippen LogP contribution in [0.3, 0.4) is 0 Å². The number of nitrogens with one attached hydrogen (secondary N) is 1. The number of piperidine rings is 1. The minimum Gasteiger partial charge on any atom is -0.342 e. The number of anilines is 1. The second kappa shape index (κ2) is 7.36. The van der Waals surface area contributed by atoms with Crippen molar-refractivity contribution in [2.45, 2.75) is 70.6 Å². The largest absolute Gasteiger partial charge is 0.342 e. The summed E-state index contributed by atoms with van der Waals surface area (Å²) in [6.07, 6.45) is 9.61. The van der Waals surface area contributed by atoms with Gasteiger partial charge in [-0.25, -0.2) is 18.9 Å². The third-order valence-electron chi connectivity index (χ3n) is 6.39. The fourth-order valence-corrected chi connectivity index (χ4v) is 6.01. The molecule has 4 rings (SSSR count). The van der Waals surface area contributed by atoms with Crippen LogP contribution in [-0.4, -0.2) is 42.5 Å². The number of halogens is 1. The zero-order valence-corrected chi connectivity index (χ0v) is 19.6. The highest BCUT2D eigenvalue weighted by Crippen LogP contribution is 2.47. The summed E-state index contributed by atoms with van der Waals surface area (Å²) in [6.45, 7) is 10.1. The minimum absolute atomic E-state index is 0.226. The predicted octanol–water partition coefficient (Wildman–Crippen LogP) is 3.99. The molecule has 1 unspecified atom stereocenters. The molecule has 0 amide bonds. The molecule has 2 aliphatic rings. The van der Waals surface area contributed by atoms with Gasteiger partial charge < -0.3 is 4.90 Å². The van der Waals surface area contributed by atoms with Crippen molar-refractivity contribution in [2.24, 2.45) is 5.41 Å². The molecule has 0 radical (unpaired) electrons. The van der Waals surface area contributed by atoms with Gasteiger partial charge in [0.2, 0.25) is 5.95 Å². The van der Waals surface area contributed by atoms with Gasteiger partial charge in [0, 0.05) is 31.5 Å². The smallest absolute Gasteiger partial charge is 0.211 e. The fourth-order valence-electron chi connectivity index (χ4n) is 4.64. The van der Waals surface area contributed by atoms with Crippen LogP contribution in [0.4, 0.5) is 5.95 Å². The third-order valence-corrected chi connectivity index (χ3v) is 8.93. The number of aromatic nitrogens is 3. The van der Waals surface area contributed by atoms with E-state index in [0.717, 1.165) is 54.1 Å². The molecule has 28 heavy (non-hydrogen) atoms. The molecular formula is C20H30BrN5OS. The van der Waals surface area contributed by atoms with Gasteiger partial charge in [0.15, 0.2) is 5.65 Å². The van der Waals surface area contributed by atoms with Crippen LogP contribution in [-0.2, 0) is 11.0 Å². The Kier molecular flexibility index (Phi) is 5.33. The van der Waals surface area contributed by atoms with Gasteiger partial charge in [0.05, 0.1) is 25.9 Å². The van der Waals surface area contributed by atoms with E-state index >= 15 is 0 Å². The topological polar surface area (TPSA) is 62.5 Å². The summed E-state index contributed by atoms with van der Waals surface area (Å²) in [7, 11) is -1.01. The average molecular weight is 468 g/mol. The molecule has 1 spiro atoms. The lowest BCUT2D eigenvalue weighted by molar-refractivity contribution is 0.187. The first-order chi connectivity index (χ1) is 13.2. The molecular weight excluding hydrogens is 438 g/mol. The van der Waals surface area contributed by atoms with Crippen LogP contribution in [0.1, 0.15) is 58.6 Å². The van der Waals surface area contributed by atoms with Crippen LogP contribution in [0, 0.1) is 12.3 Å². The van der Waals surface area contributed by atoms with Gasteiger partial charge in [-0.2, -0.15) is 0 Å². The van der Waals surface area contributed by atoms with Gasteiger partial charge in [-0.3, -0.25) is 4.40 Å². The maximum Gasteiger partial charge on any atom is 0.211 e. The van der Waals surface area contributed by atoms with Crippen LogP contribution in [0.5, 0.6) is 0 Å². The number of hydrogen-bond acceptors (Lipinski definition) is 4. The van der Waals surface area contributed by atoms with Crippen molar-refractivity contribution < 1.29 is 4.21 Å². The Hall–Kier alpha value is -0.990. The Bertz CT molecular complexity index is 898. The van der Waals surface area contributed by atoms with Crippen LogP contribution in [0.15, 0.2) is 16.9 Å². The van der Waals surface area contributed by atoms with Crippen molar-refractivity contribution in [1.82, 2.24) is 19.1 Å². The normalized spacial score (nSPS) is 23.6. The monoisotopic (exact) mass is 467 g/mol. The highest BCUT2D eigenvalue weighted by Gasteiger charge is 2.46. The van der Waals surface area contributed by atoms with Crippen LogP contribution >= 0.6 is 15.9 Å². The Balaban J connectivity index is 1.53. The lowest BCUT2D eigenvalue weighted by atomic mass is 9.74. The summed E-state index contributed by atoms with van der Waals surface area (Å²) in [6, 6.07) is 0.350. The van der Waals surface area contributed by atoms with E-state index < -0.39 is 11.0 Å². The van der Waals surface area contributed by atoms with Gasteiger partial charge in [0.25, 0.3) is 0 Å². The van der Waals surface area contributed by atoms with Crippen molar-refractivity contribution in [3.63, 3.8) is 0 Å². The molecule has 0 aromatic carbocycles. The van der Waals surface area contributed by atoms with Gasteiger partial charge in [-0.05, 0) is 74.7 Å². The van der Waals surface area contributed by atoms with E-state index in [1.165, 1.54) is 12.8 Å². The lowest BCUT2D eigenvalue weighted by Crippen LogP contribution is -2.51. The standard InChI is InChI=1S/C20H30BrN5OS/c1-14-16(21)17-22-10-13-26(17)18(23-14)25-11-8-20(9-12-25)7-5-6-15(20)24-28(27)19(2,3)4/h10,13,15,24H,5-9,11-12H2,1-4H3/t15?,28-/m1/s1. The first-order valence-electron chi connectivity index (χ1n) is 10.1. The number of aryl methyl sites for hydroxylation is 1. The second-order valence-electron chi connectivity index (χ2n) is 9.23. The van der Waals surface area contributed by atoms with E-state index in [4.69, 9.17) is 4.98 Å². The van der Waals surface area contributed by atoms with Gasteiger partial charge in [-0.1, -0.05) is 6.42 Å². The van der Waals surface area contributed by atoms with Crippen LogP contribution in [0.25, 0.3) is 5.65 Å². The first-order valence-corrected chi connectivity index (χ1v) is 12.1. The summed E-state index contributed by atoms with van der Waals surface area (Å²) in [5.41, 5.74) is 2.15. The number of imidazole rings is 1. The minimum atomic E-state index is -1.01. The zero-order chi connectivity index (χ0) is 20.1. The molecule has 2 atom stereocenters. The van der Waals surface area contributed by atoms with E-state index in [-0.39, 0.29) is 10.2 Å². The molecule has 2 fully saturated rings. The van der Waals surface area contributed by atoms with E-state index in [1.54, 1.807) is 0 Å². The Labute approximate surface area is 178 Å². The van der Waals surface area contributed by atoms with E-state index in [9.17, 15) is 4.21 Å². The number of nitrogens with zero attached hydrogens (tertiary/aromatic N) is 4. The third kappa shape index (κ3) is 3.52. The quantitative estimate of drug-likeness (QED) is 0.740. The Morgan fingerprint density at radius 2 is 2.00 bits per heavy atom. The SMILES string of the molecule is Cc1nc(N2CCC3(CCCC3N[S@](=O)C(C)(C)C)CC2)n2ccnc2c1Br. The molecule has 8 heteroatoms. The van der Waals surface area contributed by atoms with Crippen molar-refractivity contribution in [2.75, 3.05) is 18.0 Å². The second-order valence-corrected chi connectivity index (χ2v) is 12.0. The molecule has 2 aromatic rings. The first kappa shape index (κ1) is 20.3. The summed E-state index contributed by atoms with van der Waals surface area (Å²) < 4.78 is 19.0. The lowest BCUT2D eigenvalue weighted by Gasteiger charge is -2.44. The Morgan fingerprint density at radius 3 is 2.68 bits per heavy atom. The molecule has 3 heterocycles. The number of hydrogen-bond donors (Lipinski definition) is 1. The van der Waals surface area contributed by atoms with Gasteiger partial charge >= 0.3 is 0 Å². The summed E-state index contributed by atoms with van der Waals surface area (Å²) in [5.74, 6) is 0.976. The molecule has 1 saturated heterocycles. The number of rotatable bonds is 3. The molecule has 154 valence electrons. The average Bonchev–Trinajstić information content (AvgIpc) is 3.27. The van der Waals surface area contributed by atoms with Crippen molar-refractivity contribution in [3.8, 4) is 0 Å². The Morgan fingerprint density at radius 1 is 1.29 bits per heavy atom. The number of fused-ring (bicyclic) bond motifs is 1. The van der Waals surface area contributed by atoms with E-state index in [0.29, 0.717) is 6.04 Å². The highest BCUT2D eigenvalue weighted by atomic mass is 79.9. The molecule has 1 N–H and O–H groups in total. The highest BCUT2D eigenvalue weighted by molar-refractivity contribution is 9.10. The van der Waals surface area contributed by atoms with Crippen LogP contribution in [0.2, 0.25) is 0 Å². The van der Waals surface area contributed by atoms with Gasteiger partial charge in [0.1, 0.15) is 0 Å². The van der Waals surface area contributed by atoms with Crippen molar-refractivity contribution >= 4 is 38.5 Å². The molecule has 1 aliphatic carbocycles. The summed E-state index contributed by atoms with van der Waals surface area (Å²) in [4.78, 5) is 11.7. The molecule has 1 aliphatic heterocycles. The van der Waals surface area contributed by atoms with E-state index in [2.05, 4.69) is 34.9 Å². The molecule has 6 nitrogen and oxygen atoms in total. The zero-order valence-electron chi connectivity index (χ0n) is 17.2. The summed E-state index contributed by atoms with van der Waals surface area (Å²) in [5, 5.41) is 0.